The Kier molecular flexibility index (Phi) is 15.2. The fourth-order valence-electron chi connectivity index (χ4n) is 7.35. The number of rotatable bonds is 6. The summed E-state index contributed by atoms with van der Waals surface area (Å²) in [5.74, 6) is 0. The van der Waals surface area contributed by atoms with Crippen LogP contribution < -0.4 is 26.4 Å². The van der Waals surface area contributed by atoms with E-state index >= 15 is 0 Å². The van der Waals surface area contributed by atoms with Gasteiger partial charge < -0.3 is 0 Å². The van der Waals surface area contributed by atoms with Crippen LogP contribution in [0, 0.1) is 0 Å². The number of aromatic nitrogens is 2. The maximum Gasteiger partial charge on any atom is 0.416 e. The molecule has 5 aromatic carbocycles. The molecule has 382 valence electrons. The van der Waals surface area contributed by atoms with Crippen LogP contribution in [0.3, 0.4) is 0 Å². The molecular weight excluding hydrogens is 1090 g/mol. The standard InChI is InChI=1S/C32H12BF24.C11H10BrN2/c34-25(35,36)13-1-14(26(37,38)39)6-21(5-13)33(22-7-15(27(40,41)42)2-16(8-22)28(43,44)45,23-9-17(29(46,47)48)3-18(10-23)30(49,50)51)24-11-19(31(52,53)54)4-20(12-24)32(55,56)57;12-11-8-13-6-7-14(11)9-10-4-2-1-3-5-10/h1-12H;1-8H,9H2/q-1;+1. The van der Waals surface area contributed by atoms with Crippen LogP contribution in [0.4, 0.5) is 105 Å². The van der Waals surface area contributed by atoms with E-state index in [1.807, 2.05) is 24.4 Å². The summed E-state index contributed by atoms with van der Waals surface area (Å²) >= 11 is 3.45. The third kappa shape index (κ3) is 13.1. The molecule has 0 bridgehead atoms. The van der Waals surface area contributed by atoms with E-state index in [9.17, 15) is 105 Å². The molecule has 6 rings (SSSR count). The van der Waals surface area contributed by atoms with Crippen molar-refractivity contribution < 1.29 is 110 Å². The second kappa shape index (κ2) is 19.2. The normalized spacial score (nSPS) is 13.5. The van der Waals surface area contributed by atoms with Gasteiger partial charge in [0.05, 0.1) is 50.7 Å². The van der Waals surface area contributed by atoms with Gasteiger partial charge in [-0.15, -0.1) is 0 Å². The van der Waals surface area contributed by atoms with E-state index in [0.717, 1.165) is 11.1 Å². The summed E-state index contributed by atoms with van der Waals surface area (Å²) in [6.45, 7) is 0.865. The van der Waals surface area contributed by atoms with E-state index < -0.39 is 195 Å². The molecule has 71 heavy (non-hydrogen) atoms. The van der Waals surface area contributed by atoms with Gasteiger partial charge in [-0.1, -0.05) is 78.9 Å². The largest absolute Gasteiger partial charge is 0.416 e. The van der Waals surface area contributed by atoms with Crippen molar-refractivity contribution in [2.45, 2.75) is 56.0 Å². The van der Waals surface area contributed by atoms with Crippen LogP contribution in [0.2, 0.25) is 0 Å². The van der Waals surface area contributed by atoms with Gasteiger partial charge in [0.15, 0.2) is 12.7 Å². The highest BCUT2D eigenvalue weighted by atomic mass is 79.9. The Morgan fingerprint density at radius 3 is 0.817 bits per heavy atom. The molecule has 0 aliphatic heterocycles. The summed E-state index contributed by atoms with van der Waals surface area (Å²) in [7, 11) is 0. The van der Waals surface area contributed by atoms with Gasteiger partial charge in [-0.05, 0) is 24.3 Å². The van der Waals surface area contributed by atoms with Gasteiger partial charge in [0.1, 0.15) is 12.3 Å². The van der Waals surface area contributed by atoms with Gasteiger partial charge in [0.2, 0.25) is 0 Å². The molecule has 0 amide bonds. The lowest BCUT2D eigenvalue weighted by molar-refractivity contribution is -0.699. The molecule has 0 N–H and O–H groups in total. The molecule has 0 aliphatic rings. The predicted molar refractivity (Wildman–Crippen MR) is 208 cm³/mol. The van der Waals surface area contributed by atoms with Crippen molar-refractivity contribution in [3.63, 3.8) is 0 Å². The van der Waals surface area contributed by atoms with Crippen LogP contribution >= 0.6 is 15.9 Å². The van der Waals surface area contributed by atoms with Crippen LogP contribution in [0.5, 0.6) is 0 Å². The third-order valence-electron chi connectivity index (χ3n) is 10.4. The Bertz CT molecular complexity index is 2420. The Morgan fingerprint density at radius 2 is 0.606 bits per heavy atom. The topological polar surface area (TPSA) is 16.8 Å². The lowest BCUT2D eigenvalue weighted by Crippen LogP contribution is -2.75. The molecule has 28 heteroatoms. The van der Waals surface area contributed by atoms with E-state index in [2.05, 4.69) is 37.6 Å². The van der Waals surface area contributed by atoms with Crippen molar-refractivity contribution in [3.05, 3.63) is 176 Å². The minimum Gasteiger partial charge on any atom is -0.251 e. The molecule has 0 unspecified atom stereocenters. The number of benzene rings is 5. The predicted octanol–water partition coefficient (Wildman–Crippen LogP) is 13.4. The Hall–Kier alpha value is -5.96. The number of halogens is 25. The molecular formula is C43H22BBrF24N2. The summed E-state index contributed by atoms with van der Waals surface area (Å²) < 4.78 is 344. The maximum atomic E-state index is 14.2. The molecule has 0 atom stereocenters. The van der Waals surface area contributed by atoms with Crippen molar-refractivity contribution in [1.82, 2.24) is 4.98 Å². The minimum absolute atomic E-state index is 0.691. The highest BCUT2D eigenvalue weighted by molar-refractivity contribution is 9.10. The SMILES string of the molecule is Brc1cncc[n+]1Cc1ccccc1.FC(F)(F)c1cc([B-](c2cc(C(F)(F)F)cc(C(F)(F)F)c2)(c2cc(C(F)(F)F)cc(C(F)(F)F)c2)c2cc(C(F)(F)F)cc(C(F)(F)F)c2)cc(C(F)(F)F)c1. The average Bonchev–Trinajstić information content (AvgIpc) is 3.22. The van der Waals surface area contributed by atoms with Gasteiger partial charge in [-0.3, -0.25) is 4.98 Å². The van der Waals surface area contributed by atoms with Crippen LogP contribution in [-0.2, 0) is 56.0 Å². The first kappa shape index (κ1) is 56.0. The zero-order valence-corrected chi connectivity index (χ0v) is 35.8. The van der Waals surface area contributed by atoms with Gasteiger partial charge in [0, 0.05) is 21.5 Å². The molecule has 0 saturated heterocycles. The zero-order valence-electron chi connectivity index (χ0n) is 34.2. The van der Waals surface area contributed by atoms with Crippen LogP contribution in [0.25, 0.3) is 0 Å². The van der Waals surface area contributed by atoms with Crippen LogP contribution in [0.1, 0.15) is 50.1 Å². The first-order chi connectivity index (χ1) is 32.1. The average molecular weight is 1110 g/mol. The molecule has 0 aliphatic carbocycles. The Morgan fingerprint density at radius 1 is 0.366 bits per heavy atom. The molecule has 2 nitrogen and oxygen atoms in total. The van der Waals surface area contributed by atoms with Gasteiger partial charge >= 0.3 is 49.4 Å². The van der Waals surface area contributed by atoms with Crippen molar-refractivity contribution >= 4 is 43.9 Å². The molecule has 0 radical (unpaired) electrons. The minimum atomic E-state index is -6.13. The highest BCUT2D eigenvalue weighted by Crippen LogP contribution is 2.41. The first-order valence-electron chi connectivity index (χ1n) is 19.0. The summed E-state index contributed by atoms with van der Waals surface area (Å²) in [5, 5.41) is 0. The second-order valence-electron chi connectivity index (χ2n) is 15.2. The first-order valence-corrected chi connectivity index (χ1v) is 19.8. The molecule has 0 saturated carbocycles. The summed E-state index contributed by atoms with van der Waals surface area (Å²) in [5.41, 5.74) is -28.9. The molecule has 1 heterocycles. The fourth-order valence-corrected chi connectivity index (χ4v) is 7.71. The van der Waals surface area contributed by atoms with Crippen molar-refractivity contribution in [2.24, 2.45) is 0 Å². The molecule has 1 aromatic heterocycles. The smallest absolute Gasteiger partial charge is 0.251 e. The van der Waals surface area contributed by atoms with Crippen molar-refractivity contribution in [2.75, 3.05) is 0 Å². The second-order valence-corrected chi connectivity index (χ2v) is 16.0. The van der Waals surface area contributed by atoms with Gasteiger partial charge in [-0.2, -0.15) is 132 Å². The van der Waals surface area contributed by atoms with E-state index in [1.165, 1.54) is 5.56 Å². The molecule has 0 spiro atoms. The van der Waals surface area contributed by atoms with E-state index in [4.69, 9.17) is 0 Å². The number of hydrogen-bond donors (Lipinski definition) is 0. The van der Waals surface area contributed by atoms with E-state index in [0.29, 0.717) is 0 Å². The Balaban J connectivity index is 0.000000569. The van der Waals surface area contributed by atoms with Crippen molar-refractivity contribution in [3.8, 4) is 0 Å². The van der Waals surface area contributed by atoms with E-state index in [1.54, 1.807) is 12.4 Å². The summed E-state index contributed by atoms with van der Waals surface area (Å²) in [6, 6.07) is 1.53. The van der Waals surface area contributed by atoms with Crippen LogP contribution in [-0.4, -0.2) is 11.1 Å². The number of alkyl halides is 24. The maximum absolute atomic E-state index is 14.2. The fraction of sp³-hybridized carbons (Fsp3) is 0.209. The highest BCUT2D eigenvalue weighted by Gasteiger charge is 2.47. The molecule has 0 fully saturated rings. The molecule has 6 aromatic rings. The number of hydrogen-bond acceptors (Lipinski definition) is 1. The third-order valence-corrected chi connectivity index (χ3v) is 11.1. The van der Waals surface area contributed by atoms with E-state index in [-0.39, 0.29) is 0 Å². The lowest BCUT2D eigenvalue weighted by Gasteiger charge is -2.46. The van der Waals surface area contributed by atoms with Crippen molar-refractivity contribution in [1.29, 1.82) is 0 Å². The van der Waals surface area contributed by atoms with Gasteiger partial charge in [-0.25, -0.2) is 0 Å². The number of nitrogens with zero attached hydrogens (tertiary/aromatic N) is 2. The van der Waals surface area contributed by atoms with Gasteiger partial charge in [0.25, 0.3) is 4.60 Å². The Labute approximate surface area is 390 Å². The zero-order chi connectivity index (χ0) is 53.7. The summed E-state index contributed by atoms with van der Waals surface area (Å²) in [6.07, 6.45) is -49.3. The quantitative estimate of drug-likeness (QED) is 0.0923. The van der Waals surface area contributed by atoms with Crippen LogP contribution in [0.15, 0.2) is 126 Å². The summed E-state index contributed by atoms with van der Waals surface area (Å²) in [4.78, 5) is 4.02. The monoisotopic (exact) mass is 1110 g/mol. The lowest BCUT2D eigenvalue weighted by atomic mass is 9.12.